The lowest BCUT2D eigenvalue weighted by Crippen LogP contribution is -2.36. The number of nitrogens with zero attached hydrogens (tertiary/aromatic N) is 1. The molecule has 12 heavy (non-hydrogen) atoms. The van der Waals surface area contributed by atoms with Crippen molar-refractivity contribution in [3.63, 3.8) is 0 Å². The van der Waals surface area contributed by atoms with Gasteiger partial charge in [-0.15, -0.1) is 0 Å². The van der Waals surface area contributed by atoms with Crippen LogP contribution in [0.15, 0.2) is 5.16 Å². The highest BCUT2D eigenvalue weighted by molar-refractivity contribution is 7.89. The molecule has 9 heteroatoms. The molecule has 0 atom stereocenters. The quantitative estimate of drug-likeness (QED) is 0.233. The minimum absolute atomic E-state index is 0.501. The Morgan fingerprint density at radius 3 is 2.50 bits per heavy atom. The highest BCUT2D eigenvalue weighted by atomic mass is 32.2. The zero-order valence-corrected chi connectivity index (χ0v) is 6.55. The number of hydrogen-bond acceptors (Lipinski definition) is 4. The Morgan fingerprint density at radius 1 is 1.67 bits per heavy atom. The van der Waals surface area contributed by atoms with Crippen molar-refractivity contribution in [3.8, 4) is 0 Å². The molecule has 0 heterocycles. The van der Waals surface area contributed by atoms with Crippen LogP contribution in [0.4, 0.5) is 8.78 Å². The summed E-state index contributed by atoms with van der Waals surface area (Å²) in [5.74, 6) is -4.02. The van der Waals surface area contributed by atoms with Crippen LogP contribution in [-0.4, -0.2) is 31.8 Å². The molecule has 72 valence electrons. The summed E-state index contributed by atoms with van der Waals surface area (Å²) in [6, 6.07) is 0. The fourth-order valence-electron chi connectivity index (χ4n) is 0.273. The van der Waals surface area contributed by atoms with Crippen molar-refractivity contribution in [2.24, 2.45) is 10.9 Å². The molecule has 0 aliphatic carbocycles. The molecule has 6 nitrogen and oxygen atoms in total. The Balaban J connectivity index is 4.12. The van der Waals surface area contributed by atoms with Crippen LogP contribution in [0.1, 0.15) is 0 Å². The topological polar surface area (TPSA) is 105 Å². The van der Waals surface area contributed by atoms with Crippen LogP contribution in [0.2, 0.25) is 0 Å². The van der Waals surface area contributed by atoms with Gasteiger partial charge >= 0.3 is 5.76 Å². The van der Waals surface area contributed by atoms with Gasteiger partial charge in [0, 0.05) is 0 Å². The molecular weight excluding hydrogens is 196 g/mol. The van der Waals surface area contributed by atoms with E-state index in [-0.39, 0.29) is 0 Å². The number of alkyl halides is 2. The first-order chi connectivity index (χ1) is 5.40. The molecule has 0 unspecified atom stereocenters. The smallest absolute Gasteiger partial charge is 0.350 e. The van der Waals surface area contributed by atoms with Crippen molar-refractivity contribution in [2.45, 2.75) is 5.76 Å². The molecular formula is C3H7F2N3O3S. The Bertz CT molecular complexity index is 262. The van der Waals surface area contributed by atoms with Crippen molar-refractivity contribution < 1.29 is 22.4 Å². The normalized spacial score (nSPS) is 13.8. The summed E-state index contributed by atoms with van der Waals surface area (Å²) in [7, 11) is -4.66. The summed E-state index contributed by atoms with van der Waals surface area (Å²) >= 11 is 0. The summed E-state index contributed by atoms with van der Waals surface area (Å²) in [6.45, 7) is -0.650. The molecule has 0 amide bonds. The van der Waals surface area contributed by atoms with Gasteiger partial charge in [-0.1, -0.05) is 5.16 Å². The van der Waals surface area contributed by atoms with Crippen LogP contribution in [0.3, 0.4) is 0 Å². The molecule has 0 saturated carbocycles. The SMILES string of the molecule is N/C(CNS(=O)(=O)C(F)F)=N/O. The summed E-state index contributed by atoms with van der Waals surface area (Å²) < 4.78 is 45.2. The van der Waals surface area contributed by atoms with Gasteiger partial charge in [-0.2, -0.15) is 8.78 Å². The molecule has 0 aliphatic rings. The van der Waals surface area contributed by atoms with E-state index in [2.05, 4.69) is 5.16 Å². The predicted molar refractivity (Wildman–Crippen MR) is 36.3 cm³/mol. The van der Waals surface area contributed by atoms with Crippen LogP contribution in [-0.2, 0) is 10.0 Å². The van der Waals surface area contributed by atoms with Gasteiger partial charge in [0.15, 0.2) is 5.84 Å². The van der Waals surface area contributed by atoms with Gasteiger partial charge in [-0.3, -0.25) is 0 Å². The first-order valence-corrected chi connectivity index (χ1v) is 4.18. The van der Waals surface area contributed by atoms with Crippen LogP contribution in [0.25, 0.3) is 0 Å². The van der Waals surface area contributed by atoms with Crippen molar-refractivity contribution in [3.05, 3.63) is 0 Å². The van der Waals surface area contributed by atoms with Crippen molar-refractivity contribution in [2.75, 3.05) is 6.54 Å². The average molecular weight is 203 g/mol. The van der Waals surface area contributed by atoms with E-state index < -0.39 is 28.2 Å². The van der Waals surface area contributed by atoms with Crippen LogP contribution in [0, 0.1) is 0 Å². The Morgan fingerprint density at radius 2 is 2.17 bits per heavy atom. The summed E-state index contributed by atoms with van der Waals surface area (Å²) in [6.07, 6.45) is 0. The van der Waals surface area contributed by atoms with Crippen molar-refractivity contribution >= 4 is 15.9 Å². The molecule has 0 fully saturated rings. The highest BCUT2D eigenvalue weighted by Gasteiger charge is 2.23. The largest absolute Gasteiger partial charge is 0.409 e. The number of halogens is 2. The first kappa shape index (κ1) is 11.0. The second kappa shape index (κ2) is 4.16. The predicted octanol–water partition coefficient (Wildman–Crippen LogP) is -1.13. The van der Waals surface area contributed by atoms with Crippen LogP contribution >= 0.6 is 0 Å². The standard InChI is InChI=1S/C3H7F2N3O3S/c4-3(5)12(10,11)7-1-2(6)8-9/h3,7,9H,1H2,(H2,6,8). The summed E-state index contributed by atoms with van der Waals surface area (Å²) in [5, 5.41) is 10.3. The van der Waals surface area contributed by atoms with E-state index in [1.807, 2.05) is 0 Å². The van der Waals surface area contributed by atoms with Gasteiger partial charge in [-0.05, 0) is 0 Å². The van der Waals surface area contributed by atoms with E-state index in [0.29, 0.717) is 0 Å². The minimum atomic E-state index is -4.66. The van der Waals surface area contributed by atoms with E-state index in [1.54, 1.807) is 0 Å². The van der Waals surface area contributed by atoms with E-state index in [0.717, 1.165) is 0 Å². The second-order valence-electron chi connectivity index (χ2n) is 1.72. The number of rotatable bonds is 4. The number of nitrogens with one attached hydrogen (secondary N) is 1. The molecule has 0 saturated heterocycles. The Hall–Kier alpha value is -0.960. The lowest BCUT2D eigenvalue weighted by atomic mass is 10.6. The first-order valence-electron chi connectivity index (χ1n) is 2.63. The third kappa shape index (κ3) is 3.44. The Labute approximate surface area is 67.1 Å². The highest BCUT2D eigenvalue weighted by Crippen LogP contribution is 2.00. The van der Waals surface area contributed by atoms with Crippen molar-refractivity contribution in [1.82, 2.24) is 4.72 Å². The third-order valence-corrected chi connectivity index (χ3v) is 1.83. The molecule has 0 radical (unpaired) electrons. The summed E-state index contributed by atoms with van der Waals surface area (Å²) in [5.41, 5.74) is 4.81. The maximum absolute atomic E-state index is 11.6. The minimum Gasteiger partial charge on any atom is -0.409 e. The lowest BCUT2D eigenvalue weighted by molar-refractivity contribution is 0.233. The van der Waals surface area contributed by atoms with Gasteiger partial charge in [0.1, 0.15) is 0 Å². The van der Waals surface area contributed by atoms with Gasteiger partial charge in [0.05, 0.1) is 6.54 Å². The molecule has 0 aromatic rings. The molecule has 0 aromatic heterocycles. The van der Waals surface area contributed by atoms with Gasteiger partial charge in [0.2, 0.25) is 0 Å². The third-order valence-electron chi connectivity index (χ3n) is 0.817. The molecule has 0 spiro atoms. The van der Waals surface area contributed by atoms with E-state index in [1.165, 1.54) is 4.72 Å². The molecule has 0 bridgehead atoms. The van der Waals surface area contributed by atoms with E-state index >= 15 is 0 Å². The van der Waals surface area contributed by atoms with E-state index in [4.69, 9.17) is 10.9 Å². The number of nitrogens with two attached hydrogens (primary N) is 1. The number of oxime groups is 1. The zero-order chi connectivity index (χ0) is 9.78. The number of hydrogen-bond donors (Lipinski definition) is 3. The van der Waals surface area contributed by atoms with Gasteiger partial charge in [-0.25, -0.2) is 13.1 Å². The van der Waals surface area contributed by atoms with Crippen LogP contribution in [0.5, 0.6) is 0 Å². The van der Waals surface area contributed by atoms with Gasteiger partial charge < -0.3 is 10.9 Å². The van der Waals surface area contributed by atoms with E-state index in [9.17, 15) is 17.2 Å². The summed E-state index contributed by atoms with van der Waals surface area (Å²) in [4.78, 5) is 0. The maximum atomic E-state index is 11.6. The second-order valence-corrected chi connectivity index (χ2v) is 3.45. The molecule has 0 aliphatic heterocycles. The molecule has 4 N–H and O–H groups in total. The lowest BCUT2D eigenvalue weighted by Gasteiger charge is -2.02. The van der Waals surface area contributed by atoms with Crippen LogP contribution < -0.4 is 10.5 Å². The fourth-order valence-corrected chi connectivity index (χ4v) is 0.748. The average Bonchev–Trinajstić information content (AvgIpc) is 2.00. The monoisotopic (exact) mass is 203 g/mol. The van der Waals surface area contributed by atoms with Gasteiger partial charge in [0.25, 0.3) is 10.0 Å². The zero-order valence-electron chi connectivity index (χ0n) is 5.74. The number of amidine groups is 1. The molecule has 0 aromatic carbocycles. The number of sulfonamides is 1. The Kier molecular flexibility index (Phi) is 3.83. The molecule has 0 rings (SSSR count). The fraction of sp³-hybridized carbons (Fsp3) is 0.667. The van der Waals surface area contributed by atoms with Crippen molar-refractivity contribution in [1.29, 1.82) is 0 Å². The maximum Gasteiger partial charge on any atom is 0.350 e.